The van der Waals surface area contributed by atoms with Gasteiger partial charge in [0, 0.05) is 25.2 Å². The van der Waals surface area contributed by atoms with E-state index in [1.165, 1.54) is 24.3 Å². The Balaban J connectivity index is 1.89. The van der Waals surface area contributed by atoms with Gasteiger partial charge in [0.25, 0.3) is 0 Å². The van der Waals surface area contributed by atoms with Gasteiger partial charge < -0.3 is 4.90 Å². The van der Waals surface area contributed by atoms with E-state index >= 15 is 0 Å². The standard InChI is InChI=1S/C15H18ClFN2O3S/c1-23(21,22)18-12-6-8-19(9-7-12)15(20)5-3-11-2-4-14(17)13(16)10-11/h2-5,10,12,18H,6-9H2,1H3/b5-3+. The van der Waals surface area contributed by atoms with E-state index in [1.54, 1.807) is 11.0 Å². The van der Waals surface area contributed by atoms with Crippen molar-refractivity contribution in [1.82, 2.24) is 9.62 Å². The first kappa shape index (κ1) is 17.9. The minimum Gasteiger partial charge on any atom is -0.339 e. The van der Waals surface area contributed by atoms with E-state index in [9.17, 15) is 17.6 Å². The molecule has 1 saturated heterocycles. The lowest BCUT2D eigenvalue weighted by Gasteiger charge is -2.31. The predicted molar refractivity (Wildman–Crippen MR) is 88.0 cm³/mol. The van der Waals surface area contributed by atoms with Crippen molar-refractivity contribution in [3.05, 3.63) is 40.7 Å². The van der Waals surface area contributed by atoms with Gasteiger partial charge in [0.2, 0.25) is 15.9 Å². The normalized spacial score (nSPS) is 16.9. The molecule has 0 radical (unpaired) electrons. The number of carbonyl (C=O) groups excluding carboxylic acids is 1. The van der Waals surface area contributed by atoms with Gasteiger partial charge in [0.05, 0.1) is 11.3 Å². The summed E-state index contributed by atoms with van der Waals surface area (Å²) in [4.78, 5) is 13.8. The Morgan fingerprint density at radius 1 is 1.39 bits per heavy atom. The molecule has 0 spiro atoms. The quantitative estimate of drug-likeness (QED) is 0.835. The molecule has 126 valence electrons. The van der Waals surface area contributed by atoms with Crippen LogP contribution >= 0.6 is 11.6 Å². The second kappa shape index (κ2) is 7.42. The molecule has 2 rings (SSSR count). The van der Waals surface area contributed by atoms with Crippen LogP contribution in [0.5, 0.6) is 0 Å². The molecular formula is C15H18ClFN2O3S. The van der Waals surface area contributed by atoms with Crippen molar-refractivity contribution in [2.45, 2.75) is 18.9 Å². The number of hydrogen-bond acceptors (Lipinski definition) is 3. The summed E-state index contributed by atoms with van der Waals surface area (Å²) in [6.45, 7) is 0.973. The lowest BCUT2D eigenvalue weighted by Crippen LogP contribution is -2.45. The van der Waals surface area contributed by atoms with Crippen LogP contribution in [0.25, 0.3) is 6.08 Å². The monoisotopic (exact) mass is 360 g/mol. The van der Waals surface area contributed by atoms with Crippen molar-refractivity contribution >= 4 is 33.6 Å². The third-order valence-electron chi connectivity index (χ3n) is 3.55. The number of likely N-dealkylation sites (tertiary alicyclic amines) is 1. The lowest BCUT2D eigenvalue weighted by molar-refractivity contribution is -0.126. The molecule has 1 N–H and O–H groups in total. The zero-order chi connectivity index (χ0) is 17.0. The van der Waals surface area contributed by atoms with Crippen molar-refractivity contribution in [3.63, 3.8) is 0 Å². The highest BCUT2D eigenvalue weighted by molar-refractivity contribution is 7.88. The van der Waals surface area contributed by atoms with Gasteiger partial charge in [-0.15, -0.1) is 0 Å². The van der Waals surface area contributed by atoms with Gasteiger partial charge >= 0.3 is 0 Å². The number of carbonyl (C=O) groups is 1. The number of sulfonamides is 1. The average Bonchev–Trinajstić information content (AvgIpc) is 2.47. The van der Waals surface area contributed by atoms with E-state index in [0.29, 0.717) is 31.5 Å². The van der Waals surface area contributed by atoms with Crippen LogP contribution in [-0.2, 0) is 14.8 Å². The Kier molecular flexibility index (Phi) is 5.78. The number of nitrogens with one attached hydrogen (secondary N) is 1. The summed E-state index contributed by atoms with van der Waals surface area (Å²) < 4.78 is 38.0. The Morgan fingerprint density at radius 2 is 2.04 bits per heavy atom. The minimum absolute atomic E-state index is 0.00672. The van der Waals surface area contributed by atoms with Crippen molar-refractivity contribution in [2.75, 3.05) is 19.3 Å². The molecule has 0 bridgehead atoms. The highest BCUT2D eigenvalue weighted by Gasteiger charge is 2.23. The molecule has 1 heterocycles. The Morgan fingerprint density at radius 3 is 2.61 bits per heavy atom. The molecule has 0 aromatic heterocycles. The van der Waals surface area contributed by atoms with Crippen LogP contribution in [0.1, 0.15) is 18.4 Å². The molecule has 1 aliphatic rings. The van der Waals surface area contributed by atoms with Crippen molar-refractivity contribution < 1.29 is 17.6 Å². The Hall–Kier alpha value is -1.44. The number of benzene rings is 1. The van der Waals surface area contributed by atoms with Crippen LogP contribution < -0.4 is 4.72 Å². The van der Waals surface area contributed by atoms with Crippen molar-refractivity contribution in [3.8, 4) is 0 Å². The van der Waals surface area contributed by atoms with Crippen LogP contribution in [0, 0.1) is 5.82 Å². The van der Waals surface area contributed by atoms with Gasteiger partial charge in [-0.3, -0.25) is 4.79 Å². The zero-order valence-corrected chi connectivity index (χ0v) is 14.2. The molecule has 1 fully saturated rings. The number of amides is 1. The highest BCUT2D eigenvalue weighted by atomic mass is 35.5. The van der Waals surface area contributed by atoms with Crippen LogP contribution in [0.4, 0.5) is 4.39 Å². The average molecular weight is 361 g/mol. The van der Waals surface area contributed by atoms with Crippen molar-refractivity contribution in [1.29, 1.82) is 0 Å². The Bertz CT molecular complexity index is 713. The van der Waals surface area contributed by atoms with Crippen LogP contribution in [-0.4, -0.2) is 44.6 Å². The van der Waals surface area contributed by atoms with E-state index in [4.69, 9.17) is 11.6 Å². The van der Waals surface area contributed by atoms with Crippen LogP contribution in [0.3, 0.4) is 0 Å². The van der Waals surface area contributed by atoms with E-state index in [0.717, 1.165) is 6.26 Å². The third kappa shape index (κ3) is 5.60. The third-order valence-corrected chi connectivity index (χ3v) is 4.60. The number of nitrogens with zero attached hydrogens (tertiary/aromatic N) is 1. The van der Waals surface area contributed by atoms with Gasteiger partial charge in [0.15, 0.2) is 0 Å². The summed E-state index contributed by atoms with van der Waals surface area (Å²) in [5, 5.41) is 0.00672. The molecule has 5 nitrogen and oxygen atoms in total. The molecule has 1 amide bonds. The largest absolute Gasteiger partial charge is 0.339 e. The van der Waals surface area contributed by atoms with E-state index in [1.807, 2.05) is 0 Å². The molecule has 1 aromatic rings. The summed E-state index contributed by atoms with van der Waals surface area (Å²) in [5.74, 6) is -0.668. The molecule has 1 aliphatic heterocycles. The fourth-order valence-corrected chi connectivity index (χ4v) is 3.44. The van der Waals surface area contributed by atoms with E-state index in [-0.39, 0.29) is 17.0 Å². The molecule has 1 aromatic carbocycles. The van der Waals surface area contributed by atoms with Crippen molar-refractivity contribution in [2.24, 2.45) is 0 Å². The molecule has 0 aliphatic carbocycles. The van der Waals surface area contributed by atoms with E-state index < -0.39 is 15.8 Å². The fourth-order valence-electron chi connectivity index (χ4n) is 2.41. The summed E-state index contributed by atoms with van der Waals surface area (Å²) in [5.41, 5.74) is 0.637. The van der Waals surface area contributed by atoms with Gasteiger partial charge in [0.1, 0.15) is 5.82 Å². The number of halogens is 2. The van der Waals surface area contributed by atoms with E-state index in [2.05, 4.69) is 4.72 Å². The molecule has 8 heteroatoms. The number of rotatable bonds is 4. The lowest BCUT2D eigenvalue weighted by atomic mass is 10.1. The summed E-state index contributed by atoms with van der Waals surface area (Å²) >= 11 is 5.69. The predicted octanol–water partition coefficient (Wildman–Crippen LogP) is 2.03. The first-order chi connectivity index (χ1) is 10.7. The smallest absolute Gasteiger partial charge is 0.246 e. The van der Waals surface area contributed by atoms with Gasteiger partial charge in [-0.1, -0.05) is 17.7 Å². The molecule has 0 unspecified atom stereocenters. The highest BCUT2D eigenvalue weighted by Crippen LogP contribution is 2.17. The number of piperidine rings is 1. The molecular weight excluding hydrogens is 343 g/mol. The molecule has 0 atom stereocenters. The number of hydrogen-bond donors (Lipinski definition) is 1. The molecule has 0 saturated carbocycles. The van der Waals surface area contributed by atoms with Crippen LogP contribution in [0.15, 0.2) is 24.3 Å². The maximum Gasteiger partial charge on any atom is 0.246 e. The second-order valence-corrected chi connectivity index (χ2v) is 7.68. The second-order valence-electron chi connectivity index (χ2n) is 5.50. The van der Waals surface area contributed by atoms with Crippen LogP contribution in [0.2, 0.25) is 5.02 Å². The minimum atomic E-state index is -3.23. The first-order valence-corrected chi connectivity index (χ1v) is 9.41. The SMILES string of the molecule is CS(=O)(=O)NC1CCN(C(=O)/C=C/c2ccc(F)c(Cl)c2)CC1. The molecule has 23 heavy (non-hydrogen) atoms. The fraction of sp³-hybridized carbons (Fsp3) is 0.400. The Labute approximate surface area is 140 Å². The first-order valence-electron chi connectivity index (χ1n) is 7.14. The van der Waals surface area contributed by atoms with Gasteiger partial charge in [-0.25, -0.2) is 17.5 Å². The topological polar surface area (TPSA) is 66.5 Å². The maximum atomic E-state index is 13.1. The summed E-state index contributed by atoms with van der Waals surface area (Å²) in [7, 11) is -3.23. The maximum absolute atomic E-state index is 13.1. The summed E-state index contributed by atoms with van der Waals surface area (Å²) in [6.07, 6.45) is 5.27. The van der Waals surface area contributed by atoms with Gasteiger partial charge in [-0.05, 0) is 36.6 Å². The summed E-state index contributed by atoms with van der Waals surface area (Å²) in [6, 6.07) is 4.10. The van der Waals surface area contributed by atoms with Gasteiger partial charge in [-0.2, -0.15) is 0 Å². The zero-order valence-electron chi connectivity index (χ0n) is 12.6.